The van der Waals surface area contributed by atoms with Crippen LogP contribution in [0.4, 0.5) is 0 Å². The molecule has 1 aromatic rings. The minimum Gasteiger partial charge on any atom is -0.469 e. The van der Waals surface area contributed by atoms with Gasteiger partial charge in [0.2, 0.25) is 0 Å². The Hall–Kier alpha value is -1.36. The van der Waals surface area contributed by atoms with Crippen molar-refractivity contribution in [1.82, 2.24) is 9.55 Å². The number of methoxy groups -OCH3 is 1. The van der Waals surface area contributed by atoms with Crippen LogP contribution in [0.2, 0.25) is 0 Å². The maximum absolute atomic E-state index is 10.9. The average molecular weight is 183 g/mol. The topological polar surface area (TPSA) is 70.1 Å². The van der Waals surface area contributed by atoms with Crippen LogP contribution in [0.15, 0.2) is 12.5 Å². The van der Waals surface area contributed by atoms with Crippen LogP contribution in [0.25, 0.3) is 0 Å². The predicted molar refractivity (Wildman–Crippen MR) is 46.8 cm³/mol. The molecular formula is C8H13N3O2. The van der Waals surface area contributed by atoms with Gasteiger partial charge in [0.25, 0.3) is 0 Å². The van der Waals surface area contributed by atoms with Crippen molar-refractivity contribution >= 4 is 5.97 Å². The van der Waals surface area contributed by atoms with Crippen molar-refractivity contribution in [3.8, 4) is 0 Å². The number of hydrogen-bond donors (Lipinski definition) is 1. The summed E-state index contributed by atoms with van der Waals surface area (Å²) in [5, 5.41) is 0. The summed E-state index contributed by atoms with van der Waals surface area (Å²) in [7, 11) is 3.19. The first kappa shape index (κ1) is 9.73. The van der Waals surface area contributed by atoms with Crippen molar-refractivity contribution in [3.05, 3.63) is 18.2 Å². The Bertz CT molecular complexity index is 295. The third kappa shape index (κ3) is 2.55. The fourth-order valence-electron chi connectivity index (χ4n) is 0.992. The highest BCUT2D eigenvalue weighted by Gasteiger charge is 2.13. The van der Waals surface area contributed by atoms with E-state index in [0.29, 0.717) is 5.69 Å². The maximum atomic E-state index is 10.9. The van der Waals surface area contributed by atoms with Crippen LogP contribution >= 0.6 is 0 Å². The molecule has 1 heterocycles. The highest BCUT2D eigenvalue weighted by Crippen LogP contribution is 2.10. The lowest BCUT2D eigenvalue weighted by atomic mass is 10.2. The molecule has 72 valence electrons. The van der Waals surface area contributed by atoms with Gasteiger partial charge < -0.3 is 15.0 Å². The number of ether oxygens (including phenoxy) is 1. The molecule has 0 aliphatic rings. The van der Waals surface area contributed by atoms with Gasteiger partial charge in [-0.2, -0.15) is 0 Å². The van der Waals surface area contributed by atoms with E-state index in [-0.39, 0.29) is 18.4 Å². The lowest BCUT2D eigenvalue weighted by Gasteiger charge is -2.05. The van der Waals surface area contributed by atoms with Crippen LogP contribution in [0.3, 0.4) is 0 Å². The van der Waals surface area contributed by atoms with Gasteiger partial charge in [-0.1, -0.05) is 0 Å². The van der Waals surface area contributed by atoms with Crippen LogP contribution < -0.4 is 5.73 Å². The van der Waals surface area contributed by atoms with Crippen LogP contribution in [0, 0.1) is 0 Å². The van der Waals surface area contributed by atoms with Gasteiger partial charge in [-0.3, -0.25) is 4.79 Å². The van der Waals surface area contributed by atoms with E-state index in [1.165, 1.54) is 7.11 Å². The second kappa shape index (κ2) is 4.04. The molecule has 2 N–H and O–H groups in total. The monoisotopic (exact) mass is 183 g/mol. The lowest BCUT2D eigenvalue weighted by Crippen LogP contribution is -2.16. The summed E-state index contributed by atoms with van der Waals surface area (Å²) >= 11 is 0. The van der Waals surface area contributed by atoms with Crippen molar-refractivity contribution in [1.29, 1.82) is 0 Å². The van der Waals surface area contributed by atoms with Gasteiger partial charge in [-0.15, -0.1) is 0 Å². The largest absolute Gasteiger partial charge is 0.469 e. The normalized spacial score (nSPS) is 12.5. The first-order valence-corrected chi connectivity index (χ1v) is 3.93. The molecule has 5 heteroatoms. The summed E-state index contributed by atoms with van der Waals surface area (Å²) in [4.78, 5) is 14.9. The highest BCUT2D eigenvalue weighted by atomic mass is 16.5. The number of carbonyl (C=O) groups excluding carboxylic acids is 1. The third-order valence-electron chi connectivity index (χ3n) is 1.72. The molecule has 1 rings (SSSR count). The van der Waals surface area contributed by atoms with Crippen LogP contribution in [-0.4, -0.2) is 22.6 Å². The molecule has 0 saturated heterocycles. The second-order valence-electron chi connectivity index (χ2n) is 2.85. The van der Waals surface area contributed by atoms with Gasteiger partial charge in [0.1, 0.15) is 0 Å². The molecule has 13 heavy (non-hydrogen) atoms. The summed E-state index contributed by atoms with van der Waals surface area (Å²) in [5.74, 6) is -0.321. The molecule has 0 fully saturated rings. The van der Waals surface area contributed by atoms with E-state index in [1.54, 1.807) is 17.1 Å². The van der Waals surface area contributed by atoms with Gasteiger partial charge in [0, 0.05) is 13.2 Å². The van der Waals surface area contributed by atoms with Gasteiger partial charge in [-0.25, -0.2) is 4.98 Å². The fourth-order valence-corrected chi connectivity index (χ4v) is 0.992. The molecule has 0 aromatic carbocycles. The number of hydrogen-bond acceptors (Lipinski definition) is 4. The molecule has 1 unspecified atom stereocenters. The molecule has 1 atom stereocenters. The number of aromatic nitrogens is 2. The Morgan fingerprint density at radius 2 is 2.54 bits per heavy atom. The number of esters is 1. The SMILES string of the molecule is COC(=O)CC(N)c1cn(C)cn1. The van der Waals surface area contributed by atoms with E-state index < -0.39 is 0 Å². The van der Waals surface area contributed by atoms with E-state index in [4.69, 9.17) is 5.73 Å². The Labute approximate surface area is 76.5 Å². The van der Waals surface area contributed by atoms with Crippen molar-refractivity contribution in [2.75, 3.05) is 7.11 Å². The summed E-state index contributed by atoms with van der Waals surface area (Å²) in [6.45, 7) is 0. The Balaban J connectivity index is 2.58. The summed E-state index contributed by atoms with van der Waals surface area (Å²) in [6.07, 6.45) is 3.59. The van der Waals surface area contributed by atoms with Crippen molar-refractivity contribution < 1.29 is 9.53 Å². The number of aryl methyl sites for hydroxylation is 1. The molecule has 5 nitrogen and oxygen atoms in total. The fraction of sp³-hybridized carbons (Fsp3) is 0.500. The zero-order valence-corrected chi connectivity index (χ0v) is 7.73. The number of imidazole rings is 1. The first-order chi connectivity index (χ1) is 6.13. The predicted octanol–water partition coefficient (Wildman–Crippen LogP) is -0.0170. The standard InChI is InChI=1S/C8H13N3O2/c1-11-4-7(10-5-11)6(9)3-8(12)13-2/h4-6H,3,9H2,1-2H3. The number of rotatable bonds is 3. The minimum atomic E-state index is -0.381. The third-order valence-corrected chi connectivity index (χ3v) is 1.72. The van der Waals surface area contributed by atoms with Gasteiger partial charge in [-0.05, 0) is 0 Å². The number of nitrogens with zero attached hydrogens (tertiary/aromatic N) is 2. The molecular weight excluding hydrogens is 170 g/mol. The summed E-state index contributed by atoms with van der Waals surface area (Å²) in [5.41, 5.74) is 6.41. The van der Waals surface area contributed by atoms with Crippen molar-refractivity contribution in [2.45, 2.75) is 12.5 Å². The zero-order valence-electron chi connectivity index (χ0n) is 7.73. The summed E-state index contributed by atoms with van der Waals surface area (Å²) in [6, 6.07) is -0.381. The molecule has 0 amide bonds. The van der Waals surface area contributed by atoms with Gasteiger partial charge in [0.05, 0.1) is 31.6 Å². The minimum absolute atomic E-state index is 0.160. The molecule has 0 saturated carbocycles. The Morgan fingerprint density at radius 3 is 3.00 bits per heavy atom. The van der Waals surface area contributed by atoms with Crippen LogP contribution in [-0.2, 0) is 16.6 Å². The van der Waals surface area contributed by atoms with Gasteiger partial charge in [0.15, 0.2) is 0 Å². The van der Waals surface area contributed by atoms with E-state index in [1.807, 2.05) is 7.05 Å². The van der Waals surface area contributed by atoms with Crippen LogP contribution in [0.1, 0.15) is 18.2 Å². The molecule has 0 radical (unpaired) electrons. The quantitative estimate of drug-likeness (QED) is 0.669. The van der Waals surface area contributed by atoms with E-state index in [2.05, 4.69) is 9.72 Å². The molecule has 0 aliphatic heterocycles. The number of carbonyl (C=O) groups is 1. The first-order valence-electron chi connectivity index (χ1n) is 3.93. The number of nitrogens with two attached hydrogens (primary N) is 1. The Kier molecular flexibility index (Phi) is 3.02. The highest BCUT2D eigenvalue weighted by molar-refractivity contribution is 5.70. The van der Waals surface area contributed by atoms with Crippen LogP contribution in [0.5, 0.6) is 0 Å². The Morgan fingerprint density at radius 1 is 1.85 bits per heavy atom. The summed E-state index contributed by atoms with van der Waals surface area (Å²) < 4.78 is 6.28. The smallest absolute Gasteiger partial charge is 0.307 e. The van der Waals surface area contributed by atoms with E-state index in [9.17, 15) is 4.79 Å². The molecule has 0 aliphatic carbocycles. The van der Waals surface area contributed by atoms with Gasteiger partial charge >= 0.3 is 5.97 Å². The zero-order chi connectivity index (χ0) is 9.84. The molecule has 0 bridgehead atoms. The molecule has 1 aromatic heterocycles. The second-order valence-corrected chi connectivity index (χ2v) is 2.85. The van der Waals surface area contributed by atoms with E-state index in [0.717, 1.165) is 0 Å². The maximum Gasteiger partial charge on any atom is 0.307 e. The van der Waals surface area contributed by atoms with E-state index >= 15 is 0 Å². The average Bonchev–Trinajstić information content (AvgIpc) is 2.51. The van der Waals surface area contributed by atoms with Crippen molar-refractivity contribution in [2.24, 2.45) is 12.8 Å². The lowest BCUT2D eigenvalue weighted by molar-refractivity contribution is -0.141. The molecule has 0 spiro atoms. The van der Waals surface area contributed by atoms with Crippen molar-refractivity contribution in [3.63, 3.8) is 0 Å².